The average molecular weight is 296 g/mol. The average Bonchev–Trinajstić information content (AvgIpc) is 2.54. The molecule has 0 amide bonds. The SMILES string of the molecule is CCC1CCCC(CC2CCCC(CC)C2CO)C1CO. The molecule has 0 aromatic carbocycles. The minimum Gasteiger partial charge on any atom is -0.396 e. The molecule has 0 heterocycles. The van der Waals surface area contributed by atoms with E-state index in [9.17, 15) is 10.2 Å². The highest BCUT2D eigenvalue weighted by atomic mass is 16.3. The van der Waals surface area contributed by atoms with Crippen LogP contribution in [0.1, 0.15) is 71.6 Å². The Kier molecular flexibility index (Phi) is 7.01. The van der Waals surface area contributed by atoms with E-state index in [2.05, 4.69) is 13.8 Å². The quantitative estimate of drug-likeness (QED) is 0.769. The Bertz CT molecular complexity index is 263. The van der Waals surface area contributed by atoms with E-state index in [4.69, 9.17) is 0 Å². The molecule has 2 aliphatic rings. The van der Waals surface area contributed by atoms with Crippen molar-refractivity contribution in [2.24, 2.45) is 35.5 Å². The van der Waals surface area contributed by atoms with Crippen molar-refractivity contribution in [2.45, 2.75) is 71.6 Å². The number of aliphatic hydroxyl groups excluding tert-OH is 2. The van der Waals surface area contributed by atoms with E-state index in [0.717, 1.165) is 11.8 Å². The molecule has 2 N–H and O–H groups in total. The molecule has 0 saturated heterocycles. The smallest absolute Gasteiger partial charge is 0.0464 e. The Morgan fingerprint density at radius 1 is 0.667 bits per heavy atom. The van der Waals surface area contributed by atoms with Crippen molar-refractivity contribution >= 4 is 0 Å². The first-order valence-electron chi connectivity index (χ1n) is 9.46. The van der Waals surface area contributed by atoms with Gasteiger partial charge in [-0.25, -0.2) is 0 Å². The van der Waals surface area contributed by atoms with Crippen LogP contribution in [0.5, 0.6) is 0 Å². The fourth-order valence-electron chi connectivity index (χ4n) is 5.49. The highest BCUT2D eigenvalue weighted by Gasteiger charge is 2.37. The molecule has 2 nitrogen and oxygen atoms in total. The molecule has 6 atom stereocenters. The molecule has 2 heteroatoms. The molecule has 6 unspecified atom stereocenters. The van der Waals surface area contributed by atoms with Gasteiger partial charge in [0.05, 0.1) is 0 Å². The topological polar surface area (TPSA) is 40.5 Å². The zero-order chi connectivity index (χ0) is 15.2. The molecule has 124 valence electrons. The molecule has 0 aliphatic heterocycles. The summed E-state index contributed by atoms with van der Waals surface area (Å²) in [6, 6.07) is 0. The van der Waals surface area contributed by atoms with E-state index >= 15 is 0 Å². The van der Waals surface area contributed by atoms with Gasteiger partial charge in [0, 0.05) is 13.2 Å². The first-order chi connectivity index (χ1) is 10.2. The summed E-state index contributed by atoms with van der Waals surface area (Å²) >= 11 is 0. The van der Waals surface area contributed by atoms with Gasteiger partial charge in [-0.1, -0.05) is 65.2 Å². The third kappa shape index (κ3) is 4.01. The van der Waals surface area contributed by atoms with Crippen LogP contribution in [0, 0.1) is 35.5 Å². The van der Waals surface area contributed by atoms with Crippen molar-refractivity contribution in [3.63, 3.8) is 0 Å². The Labute approximate surface area is 131 Å². The van der Waals surface area contributed by atoms with E-state index in [-0.39, 0.29) is 0 Å². The van der Waals surface area contributed by atoms with E-state index < -0.39 is 0 Å². The van der Waals surface area contributed by atoms with Crippen molar-refractivity contribution in [1.82, 2.24) is 0 Å². The fourth-order valence-corrected chi connectivity index (χ4v) is 5.49. The standard InChI is InChI=1S/C19H36O2/c1-3-14-7-5-9-16(18(14)12-20)11-17-10-6-8-15(4-2)19(17)13-21/h14-21H,3-13H2,1-2H3. The van der Waals surface area contributed by atoms with E-state index in [1.807, 2.05) is 0 Å². The van der Waals surface area contributed by atoms with Crippen LogP contribution in [0.4, 0.5) is 0 Å². The lowest BCUT2D eigenvalue weighted by molar-refractivity contribution is 0.0233. The molecule has 0 bridgehead atoms. The highest BCUT2D eigenvalue weighted by Crippen LogP contribution is 2.45. The second kappa shape index (κ2) is 8.53. The van der Waals surface area contributed by atoms with Crippen LogP contribution in [0.25, 0.3) is 0 Å². The van der Waals surface area contributed by atoms with E-state index in [0.29, 0.717) is 36.9 Å². The number of hydrogen-bond acceptors (Lipinski definition) is 2. The summed E-state index contributed by atoms with van der Waals surface area (Å²) in [6.45, 7) is 5.30. The molecule has 0 aromatic rings. The lowest BCUT2D eigenvalue weighted by Crippen LogP contribution is -2.37. The summed E-state index contributed by atoms with van der Waals surface area (Å²) in [6.07, 6.45) is 11.6. The van der Waals surface area contributed by atoms with Gasteiger partial charge in [-0.15, -0.1) is 0 Å². The second-order valence-corrected chi connectivity index (χ2v) is 7.65. The summed E-state index contributed by atoms with van der Waals surface area (Å²) in [7, 11) is 0. The maximum absolute atomic E-state index is 9.86. The maximum atomic E-state index is 9.86. The van der Waals surface area contributed by atoms with Crippen molar-refractivity contribution in [2.75, 3.05) is 13.2 Å². The second-order valence-electron chi connectivity index (χ2n) is 7.65. The monoisotopic (exact) mass is 296 g/mol. The van der Waals surface area contributed by atoms with Crippen molar-refractivity contribution in [3.05, 3.63) is 0 Å². The normalized spacial score (nSPS) is 41.1. The van der Waals surface area contributed by atoms with Gasteiger partial charge in [0.15, 0.2) is 0 Å². The zero-order valence-corrected chi connectivity index (χ0v) is 14.1. The molecule has 0 radical (unpaired) electrons. The molecule has 21 heavy (non-hydrogen) atoms. The Morgan fingerprint density at radius 2 is 1.05 bits per heavy atom. The lowest BCUT2D eigenvalue weighted by atomic mass is 9.63. The predicted molar refractivity (Wildman–Crippen MR) is 88.0 cm³/mol. The molecule has 2 rings (SSSR count). The Morgan fingerprint density at radius 3 is 1.38 bits per heavy atom. The third-order valence-electron chi connectivity index (χ3n) is 6.80. The van der Waals surface area contributed by atoms with Crippen molar-refractivity contribution in [1.29, 1.82) is 0 Å². The van der Waals surface area contributed by atoms with Gasteiger partial charge in [-0.05, 0) is 41.9 Å². The Balaban J connectivity index is 2.00. The minimum atomic E-state index is 0.372. The molecule has 2 saturated carbocycles. The summed E-state index contributed by atoms with van der Waals surface area (Å²) < 4.78 is 0. The van der Waals surface area contributed by atoms with Crippen LogP contribution < -0.4 is 0 Å². The Hall–Kier alpha value is -0.0800. The summed E-state index contributed by atoms with van der Waals surface area (Å²) in [5, 5.41) is 19.7. The van der Waals surface area contributed by atoms with Gasteiger partial charge < -0.3 is 10.2 Å². The fraction of sp³-hybridized carbons (Fsp3) is 1.00. The van der Waals surface area contributed by atoms with Crippen molar-refractivity contribution < 1.29 is 10.2 Å². The maximum Gasteiger partial charge on any atom is 0.0464 e. The third-order valence-corrected chi connectivity index (χ3v) is 6.80. The van der Waals surface area contributed by atoms with Crippen LogP contribution in [0.3, 0.4) is 0 Å². The number of hydrogen-bond donors (Lipinski definition) is 2. The molecular formula is C19H36O2. The highest BCUT2D eigenvalue weighted by molar-refractivity contribution is 4.87. The van der Waals surface area contributed by atoms with Crippen LogP contribution in [-0.4, -0.2) is 23.4 Å². The summed E-state index contributed by atoms with van der Waals surface area (Å²) in [4.78, 5) is 0. The molecular weight excluding hydrogens is 260 g/mol. The number of aliphatic hydroxyl groups is 2. The van der Waals surface area contributed by atoms with Crippen LogP contribution in [-0.2, 0) is 0 Å². The first-order valence-corrected chi connectivity index (χ1v) is 9.46. The van der Waals surface area contributed by atoms with Gasteiger partial charge >= 0.3 is 0 Å². The number of rotatable bonds is 6. The predicted octanol–water partition coefficient (Wildman–Crippen LogP) is 4.25. The van der Waals surface area contributed by atoms with Gasteiger partial charge in [0.1, 0.15) is 0 Å². The van der Waals surface area contributed by atoms with Crippen molar-refractivity contribution in [3.8, 4) is 0 Å². The van der Waals surface area contributed by atoms with Gasteiger partial charge in [-0.3, -0.25) is 0 Å². The largest absolute Gasteiger partial charge is 0.396 e. The van der Waals surface area contributed by atoms with E-state index in [1.165, 1.54) is 57.8 Å². The minimum absolute atomic E-state index is 0.372. The zero-order valence-electron chi connectivity index (χ0n) is 14.1. The molecule has 2 aliphatic carbocycles. The first kappa shape index (κ1) is 17.3. The van der Waals surface area contributed by atoms with Crippen LogP contribution in [0.2, 0.25) is 0 Å². The molecule has 0 spiro atoms. The van der Waals surface area contributed by atoms with Crippen LogP contribution in [0.15, 0.2) is 0 Å². The van der Waals surface area contributed by atoms with Gasteiger partial charge in [0.25, 0.3) is 0 Å². The van der Waals surface area contributed by atoms with E-state index in [1.54, 1.807) is 0 Å². The summed E-state index contributed by atoms with van der Waals surface area (Å²) in [5.74, 6) is 3.89. The van der Waals surface area contributed by atoms with Crippen LogP contribution >= 0.6 is 0 Å². The summed E-state index contributed by atoms with van der Waals surface area (Å²) in [5.41, 5.74) is 0. The lowest BCUT2D eigenvalue weighted by Gasteiger charge is -2.43. The molecule has 0 aromatic heterocycles. The van der Waals surface area contributed by atoms with Gasteiger partial charge in [0.2, 0.25) is 0 Å². The van der Waals surface area contributed by atoms with Gasteiger partial charge in [-0.2, -0.15) is 0 Å². The molecule has 2 fully saturated rings.